The molecule has 0 aliphatic carbocycles. The molecule has 3 heterocycles. The number of hydrogen-bond donors (Lipinski definition) is 1. The molecule has 1 unspecified atom stereocenters. The number of urea groups is 1. The van der Waals surface area contributed by atoms with Gasteiger partial charge in [0.1, 0.15) is 11.5 Å². The van der Waals surface area contributed by atoms with E-state index in [0.717, 1.165) is 17.0 Å². The maximum absolute atomic E-state index is 14.3. The minimum absolute atomic E-state index is 0.255. The number of hydrogen-bond acceptors (Lipinski definition) is 4. The van der Waals surface area contributed by atoms with E-state index in [1.165, 1.54) is 6.07 Å². The van der Waals surface area contributed by atoms with Crippen LogP contribution in [0.15, 0.2) is 36.5 Å². The van der Waals surface area contributed by atoms with Gasteiger partial charge >= 0.3 is 6.03 Å². The largest absolute Gasteiger partial charge is 0.377 e. The van der Waals surface area contributed by atoms with Gasteiger partial charge in [0.05, 0.1) is 24.9 Å². The number of ether oxygens (including phenoxy) is 1. The van der Waals surface area contributed by atoms with Crippen LogP contribution in [0.4, 0.5) is 15.0 Å². The highest BCUT2D eigenvalue weighted by Crippen LogP contribution is 2.31. The van der Waals surface area contributed by atoms with Crippen molar-refractivity contribution < 1.29 is 13.9 Å². The standard InChI is InChI=1S/C20H23FN6O2/c1-13-19(14(2)27(23-13)16-7-5-4-6-15(16)21)17-12-29-11-10-26(17)20(28)22-18-8-9-25(3)24-18/h4-9,17H,10-12H2,1-3H3,(H,22,24,28). The number of carbonyl (C=O) groups is 1. The first-order valence-corrected chi connectivity index (χ1v) is 9.41. The van der Waals surface area contributed by atoms with Crippen LogP contribution in [0.3, 0.4) is 0 Å². The number of aryl methyl sites for hydroxylation is 2. The maximum atomic E-state index is 14.3. The molecule has 0 saturated carbocycles. The molecule has 2 amide bonds. The van der Waals surface area contributed by atoms with E-state index in [1.54, 1.807) is 51.8 Å². The topological polar surface area (TPSA) is 77.2 Å². The van der Waals surface area contributed by atoms with Crippen LogP contribution < -0.4 is 5.32 Å². The van der Waals surface area contributed by atoms with Crippen molar-refractivity contribution in [2.45, 2.75) is 19.9 Å². The normalized spacial score (nSPS) is 16.8. The fraction of sp³-hybridized carbons (Fsp3) is 0.350. The number of rotatable bonds is 3. The lowest BCUT2D eigenvalue weighted by Gasteiger charge is -2.35. The Labute approximate surface area is 167 Å². The van der Waals surface area contributed by atoms with Gasteiger partial charge in [-0.15, -0.1) is 0 Å². The van der Waals surface area contributed by atoms with Crippen LogP contribution in [-0.2, 0) is 11.8 Å². The van der Waals surface area contributed by atoms with Gasteiger partial charge < -0.3 is 9.64 Å². The molecule has 9 heteroatoms. The summed E-state index contributed by atoms with van der Waals surface area (Å²) in [6, 6.07) is 7.65. The minimum atomic E-state index is -0.353. The first-order valence-electron chi connectivity index (χ1n) is 9.41. The van der Waals surface area contributed by atoms with E-state index in [0.29, 0.717) is 31.3 Å². The molecule has 1 aliphatic rings. The van der Waals surface area contributed by atoms with Gasteiger partial charge in [0.2, 0.25) is 0 Å². The minimum Gasteiger partial charge on any atom is -0.377 e. The Kier molecular flexibility index (Phi) is 5.06. The van der Waals surface area contributed by atoms with E-state index in [4.69, 9.17) is 4.74 Å². The maximum Gasteiger partial charge on any atom is 0.323 e. The number of aromatic nitrogens is 4. The molecule has 2 aromatic heterocycles. The molecular formula is C20H23FN6O2. The Hall–Kier alpha value is -3.20. The van der Waals surface area contributed by atoms with Crippen molar-refractivity contribution in [2.75, 3.05) is 25.1 Å². The van der Waals surface area contributed by atoms with E-state index >= 15 is 0 Å². The summed E-state index contributed by atoms with van der Waals surface area (Å²) in [5, 5.41) is 11.6. The fourth-order valence-electron chi connectivity index (χ4n) is 3.74. The van der Waals surface area contributed by atoms with E-state index in [2.05, 4.69) is 15.5 Å². The number of benzene rings is 1. The number of morpholine rings is 1. The van der Waals surface area contributed by atoms with E-state index < -0.39 is 0 Å². The molecule has 1 aromatic carbocycles. The first-order chi connectivity index (χ1) is 14.0. The van der Waals surface area contributed by atoms with Crippen LogP contribution in [0.25, 0.3) is 5.69 Å². The highest BCUT2D eigenvalue weighted by Gasteiger charge is 2.33. The van der Waals surface area contributed by atoms with Crippen LogP contribution in [0.1, 0.15) is 23.0 Å². The fourth-order valence-corrected chi connectivity index (χ4v) is 3.74. The van der Waals surface area contributed by atoms with Crippen molar-refractivity contribution in [1.29, 1.82) is 0 Å². The quantitative estimate of drug-likeness (QED) is 0.736. The SMILES string of the molecule is Cc1nn(-c2ccccc2F)c(C)c1C1COCCN1C(=O)Nc1ccn(C)n1. The van der Waals surface area contributed by atoms with Crippen LogP contribution in [0, 0.1) is 19.7 Å². The zero-order chi connectivity index (χ0) is 20.5. The Bertz CT molecular complexity index is 1040. The van der Waals surface area contributed by atoms with Gasteiger partial charge in [0.15, 0.2) is 5.82 Å². The highest BCUT2D eigenvalue weighted by atomic mass is 19.1. The summed E-state index contributed by atoms with van der Waals surface area (Å²) in [4.78, 5) is 14.7. The number of para-hydroxylation sites is 1. The summed E-state index contributed by atoms with van der Waals surface area (Å²) in [5.41, 5.74) is 2.75. The molecule has 8 nitrogen and oxygen atoms in total. The Balaban J connectivity index is 1.67. The van der Waals surface area contributed by atoms with Gasteiger partial charge in [-0.05, 0) is 26.0 Å². The molecule has 0 radical (unpaired) electrons. The zero-order valence-corrected chi connectivity index (χ0v) is 16.6. The number of carbonyl (C=O) groups excluding carboxylic acids is 1. The highest BCUT2D eigenvalue weighted by molar-refractivity contribution is 5.88. The summed E-state index contributed by atoms with van der Waals surface area (Å²) in [7, 11) is 1.79. The van der Waals surface area contributed by atoms with Gasteiger partial charge in [-0.1, -0.05) is 12.1 Å². The van der Waals surface area contributed by atoms with Gasteiger partial charge in [0.25, 0.3) is 0 Å². The Morgan fingerprint density at radius 2 is 2.03 bits per heavy atom. The zero-order valence-electron chi connectivity index (χ0n) is 16.6. The van der Waals surface area contributed by atoms with Gasteiger partial charge in [0, 0.05) is 37.1 Å². The van der Waals surface area contributed by atoms with Crippen molar-refractivity contribution in [3.63, 3.8) is 0 Å². The molecule has 1 aliphatic heterocycles. The van der Waals surface area contributed by atoms with Gasteiger partial charge in [-0.3, -0.25) is 10.00 Å². The Morgan fingerprint density at radius 1 is 1.24 bits per heavy atom. The molecule has 1 fully saturated rings. The lowest BCUT2D eigenvalue weighted by Crippen LogP contribution is -2.45. The molecule has 4 rings (SSSR count). The molecule has 29 heavy (non-hydrogen) atoms. The van der Waals surface area contributed by atoms with Crippen molar-refractivity contribution >= 4 is 11.8 Å². The van der Waals surface area contributed by atoms with Crippen LogP contribution in [-0.4, -0.2) is 50.3 Å². The van der Waals surface area contributed by atoms with Gasteiger partial charge in [-0.2, -0.15) is 10.2 Å². The number of nitrogens with one attached hydrogen (secondary N) is 1. The van der Waals surface area contributed by atoms with Gasteiger partial charge in [-0.25, -0.2) is 13.9 Å². The third-order valence-electron chi connectivity index (χ3n) is 5.10. The molecule has 0 bridgehead atoms. The second-order valence-electron chi connectivity index (χ2n) is 7.04. The van der Waals surface area contributed by atoms with Crippen LogP contribution >= 0.6 is 0 Å². The lowest BCUT2D eigenvalue weighted by molar-refractivity contribution is 0.0143. The predicted molar refractivity (Wildman–Crippen MR) is 105 cm³/mol. The third kappa shape index (κ3) is 3.61. The third-order valence-corrected chi connectivity index (χ3v) is 5.10. The summed E-state index contributed by atoms with van der Waals surface area (Å²) in [6.07, 6.45) is 1.76. The summed E-state index contributed by atoms with van der Waals surface area (Å²) < 4.78 is 23.2. The van der Waals surface area contributed by atoms with E-state index in [-0.39, 0.29) is 17.9 Å². The lowest BCUT2D eigenvalue weighted by atomic mass is 10.0. The number of anilines is 1. The predicted octanol–water partition coefficient (Wildman–Crippen LogP) is 2.97. The van der Waals surface area contributed by atoms with Crippen molar-refractivity contribution in [1.82, 2.24) is 24.5 Å². The molecule has 1 atom stereocenters. The molecule has 1 saturated heterocycles. The van der Waals surface area contributed by atoms with Crippen LogP contribution in [0.5, 0.6) is 0 Å². The van der Waals surface area contributed by atoms with Crippen molar-refractivity contribution in [2.24, 2.45) is 7.05 Å². The second kappa shape index (κ2) is 7.67. The summed E-state index contributed by atoms with van der Waals surface area (Å²) in [5.74, 6) is 0.132. The average molecular weight is 398 g/mol. The monoisotopic (exact) mass is 398 g/mol. The molecular weight excluding hydrogens is 375 g/mol. The second-order valence-corrected chi connectivity index (χ2v) is 7.04. The summed E-state index contributed by atoms with van der Waals surface area (Å²) in [6.45, 7) is 4.98. The van der Waals surface area contributed by atoms with E-state index in [1.807, 2.05) is 13.8 Å². The first kappa shape index (κ1) is 19.1. The summed E-state index contributed by atoms with van der Waals surface area (Å²) >= 11 is 0. The molecule has 0 spiro atoms. The number of halogens is 1. The van der Waals surface area contributed by atoms with Crippen molar-refractivity contribution in [3.8, 4) is 5.69 Å². The van der Waals surface area contributed by atoms with Crippen LogP contribution in [0.2, 0.25) is 0 Å². The van der Waals surface area contributed by atoms with E-state index in [9.17, 15) is 9.18 Å². The molecule has 152 valence electrons. The Morgan fingerprint density at radius 3 is 2.76 bits per heavy atom. The molecule has 3 aromatic rings. The number of amides is 2. The van der Waals surface area contributed by atoms with Crippen molar-refractivity contribution in [3.05, 3.63) is 59.3 Å². The molecule has 1 N–H and O–H groups in total. The average Bonchev–Trinajstić information content (AvgIpc) is 3.24. The smallest absolute Gasteiger partial charge is 0.323 e. The number of nitrogens with zero attached hydrogens (tertiary/aromatic N) is 5.